The molecule has 7 nitrogen and oxygen atoms in total. The van der Waals surface area contributed by atoms with Crippen LogP contribution in [0.4, 0.5) is 5.69 Å². The van der Waals surface area contributed by atoms with Gasteiger partial charge in [-0.2, -0.15) is 5.10 Å². The van der Waals surface area contributed by atoms with Gasteiger partial charge in [-0.15, -0.1) is 0 Å². The summed E-state index contributed by atoms with van der Waals surface area (Å²) >= 11 is 0. The van der Waals surface area contributed by atoms with E-state index in [4.69, 9.17) is 15.6 Å². The van der Waals surface area contributed by atoms with Crippen LogP contribution in [0.2, 0.25) is 0 Å². The third kappa shape index (κ3) is 2.82. The number of nitrogen functional groups attached to an aromatic ring is 1. The van der Waals surface area contributed by atoms with Gasteiger partial charge in [0.2, 0.25) is 0 Å². The van der Waals surface area contributed by atoms with Gasteiger partial charge >= 0.3 is 5.97 Å². The lowest BCUT2D eigenvalue weighted by Crippen LogP contribution is -2.08. The van der Waals surface area contributed by atoms with Gasteiger partial charge in [0.05, 0.1) is 11.3 Å². The Hall–Kier alpha value is -2.57. The van der Waals surface area contributed by atoms with Crippen molar-refractivity contribution >= 4 is 11.7 Å². The van der Waals surface area contributed by atoms with Crippen molar-refractivity contribution in [2.75, 3.05) is 5.73 Å². The number of benzene rings is 1. The fraction of sp³-hybridized carbons (Fsp3) is 0.250. The number of hydrogen-bond acceptors (Lipinski definition) is 5. The van der Waals surface area contributed by atoms with Gasteiger partial charge in [-0.05, 0) is 25.1 Å². The number of nitrogens with two attached hydrogens (primary N) is 1. The number of anilines is 1. The second kappa shape index (κ2) is 5.38. The minimum Gasteiger partial charge on any atom is -0.483 e. The van der Waals surface area contributed by atoms with Crippen molar-refractivity contribution in [2.24, 2.45) is 0 Å². The molecule has 0 amide bonds. The van der Waals surface area contributed by atoms with Crippen LogP contribution >= 0.6 is 0 Å². The van der Waals surface area contributed by atoms with Gasteiger partial charge in [0.15, 0.2) is 5.82 Å². The highest BCUT2D eigenvalue weighted by Crippen LogP contribution is 2.23. The van der Waals surface area contributed by atoms with E-state index in [-0.39, 0.29) is 17.9 Å². The first-order valence-corrected chi connectivity index (χ1v) is 5.74. The minimum atomic E-state index is -1.02. The van der Waals surface area contributed by atoms with Crippen molar-refractivity contribution in [3.8, 4) is 5.75 Å². The molecule has 0 spiro atoms. The number of carboxylic acids is 1. The predicted octanol–water partition coefficient (Wildman–Crippen LogP) is 1.16. The molecule has 19 heavy (non-hydrogen) atoms. The van der Waals surface area contributed by atoms with E-state index >= 15 is 0 Å². The number of rotatable bonds is 5. The topological polar surface area (TPSA) is 103 Å². The summed E-state index contributed by atoms with van der Waals surface area (Å²) in [5.74, 6) is 0.0869. The zero-order chi connectivity index (χ0) is 13.8. The van der Waals surface area contributed by atoms with Gasteiger partial charge in [-0.3, -0.25) is 0 Å². The Morgan fingerprint density at radius 1 is 1.53 bits per heavy atom. The summed E-state index contributed by atoms with van der Waals surface area (Å²) in [5.41, 5.74) is 6.14. The summed E-state index contributed by atoms with van der Waals surface area (Å²) < 4.78 is 7.23. The number of aromatic carboxylic acids is 1. The molecule has 100 valence electrons. The van der Waals surface area contributed by atoms with E-state index in [0.717, 1.165) is 0 Å². The van der Waals surface area contributed by atoms with Crippen LogP contribution in [-0.4, -0.2) is 25.8 Å². The van der Waals surface area contributed by atoms with Crippen molar-refractivity contribution < 1.29 is 14.6 Å². The van der Waals surface area contributed by atoms with E-state index in [0.29, 0.717) is 18.1 Å². The largest absolute Gasteiger partial charge is 0.483 e. The lowest BCUT2D eigenvalue weighted by atomic mass is 10.2. The molecule has 0 aliphatic heterocycles. The third-order valence-corrected chi connectivity index (χ3v) is 2.61. The maximum Gasteiger partial charge on any atom is 0.335 e. The van der Waals surface area contributed by atoms with Crippen molar-refractivity contribution in [1.29, 1.82) is 0 Å². The lowest BCUT2D eigenvalue weighted by Gasteiger charge is -2.09. The van der Waals surface area contributed by atoms with Gasteiger partial charge in [0, 0.05) is 6.54 Å². The van der Waals surface area contributed by atoms with Crippen LogP contribution in [0, 0.1) is 0 Å². The highest BCUT2D eigenvalue weighted by Gasteiger charge is 2.09. The van der Waals surface area contributed by atoms with Crippen molar-refractivity contribution in [2.45, 2.75) is 20.1 Å². The maximum atomic E-state index is 10.8. The smallest absolute Gasteiger partial charge is 0.335 e. The highest BCUT2D eigenvalue weighted by atomic mass is 16.5. The molecule has 0 fully saturated rings. The van der Waals surface area contributed by atoms with Crippen molar-refractivity contribution in [3.05, 3.63) is 35.9 Å². The maximum absolute atomic E-state index is 10.8. The molecule has 1 aromatic carbocycles. The molecule has 7 heteroatoms. The fourth-order valence-electron chi connectivity index (χ4n) is 1.62. The fourth-order valence-corrected chi connectivity index (χ4v) is 1.62. The number of nitrogens with zero attached hydrogens (tertiary/aromatic N) is 3. The summed E-state index contributed by atoms with van der Waals surface area (Å²) in [7, 11) is 0. The summed E-state index contributed by atoms with van der Waals surface area (Å²) in [4.78, 5) is 14.8. The van der Waals surface area contributed by atoms with Crippen LogP contribution in [0.25, 0.3) is 0 Å². The van der Waals surface area contributed by atoms with E-state index in [1.807, 2.05) is 6.92 Å². The van der Waals surface area contributed by atoms with Crippen LogP contribution in [0.5, 0.6) is 5.75 Å². The normalized spacial score (nSPS) is 10.4. The molecule has 2 rings (SSSR count). The third-order valence-electron chi connectivity index (χ3n) is 2.61. The molecule has 0 saturated heterocycles. The molecule has 1 heterocycles. The first kappa shape index (κ1) is 12.9. The zero-order valence-electron chi connectivity index (χ0n) is 10.4. The second-order valence-electron chi connectivity index (χ2n) is 3.84. The Morgan fingerprint density at radius 3 is 2.95 bits per heavy atom. The van der Waals surface area contributed by atoms with Gasteiger partial charge < -0.3 is 15.6 Å². The van der Waals surface area contributed by atoms with E-state index in [1.165, 1.54) is 24.5 Å². The summed E-state index contributed by atoms with van der Waals surface area (Å²) in [5, 5.41) is 12.9. The van der Waals surface area contributed by atoms with Gasteiger partial charge in [0.25, 0.3) is 0 Å². The molecule has 0 aliphatic rings. The molecule has 0 atom stereocenters. The van der Waals surface area contributed by atoms with Crippen LogP contribution < -0.4 is 10.5 Å². The van der Waals surface area contributed by atoms with Crippen molar-refractivity contribution in [3.63, 3.8) is 0 Å². The number of carboxylic acid groups (broad SMARTS) is 1. The van der Waals surface area contributed by atoms with Gasteiger partial charge in [-0.25, -0.2) is 14.5 Å². The number of hydrogen-bond donors (Lipinski definition) is 2. The van der Waals surface area contributed by atoms with Crippen LogP contribution in [0.3, 0.4) is 0 Å². The molecular formula is C12H14N4O3. The molecular weight excluding hydrogens is 248 g/mol. The Kier molecular flexibility index (Phi) is 3.65. The van der Waals surface area contributed by atoms with Crippen LogP contribution in [-0.2, 0) is 13.2 Å². The molecule has 0 unspecified atom stereocenters. The molecule has 0 bridgehead atoms. The van der Waals surface area contributed by atoms with E-state index < -0.39 is 5.97 Å². The van der Waals surface area contributed by atoms with Gasteiger partial charge in [0.1, 0.15) is 18.7 Å². The van der Waals surface area contributed by atoms with Crippen molar-refractivity contribution in [1.82, 2.24) is 14.8 Å². The van der Waals surface area contributed by atoms with E-state index in [1.54, 1.807) is 4.68 Å². The van der Waals surface area contributed by atoms with Crippen LogP contribution in [0.1, 0.15) is 23.1 Å². The zero-order valence-corrected chi connectivity index (χ0v) is 10.4. The summed E-state index contributed by atoms with van der Waals surface area (Å²) in [6.45, 7) is 2.88. The number of aryl methyl sites for hydroxylation is 1. The quantitative estimate of drug-likeness (QED) is 0.783. The number of aromatic nitrogens is 3. The highest BCUT2D eigenvalue weighted by molar-refractivity contribution is 5.89. The predicted molar refractivity (Wildman–Crippen MR) is 67.8 cm³/mol. The molecule has 0 aliphatic carbocycles. The van der Waals surface area contributed by atoms with Crippen LogP contribution in [0.15, 0.2) is 24.5 Å². The molecule has 0 radical (unpaired) electrons. The standard InChI is InChI=1S/C12H14N4O3/c1-2-16-11(14-7-15-16)6-19-10-4-3-8(12(17)18)5-9(10)13/h3-5,7H,2,6,13H2,1H3,(H,17,18). The minimum absolute atomic E-state index is 0.126. The second-order valence-corrected chi connectivity index (χ2v) is 3.84. The molecule has 3 N–H and O–H groups in total. The number of carbonyl (C=O) groups is 1. The first-order valence-electron chi connectivity index (χ1n) is 5.74. The lowest BCUT2D eigenvalue weighted by molar-refractivity contribution is 0.0697. The van der Waals surface area contributed by atoms with E-state index in [2.05, 4.69) is 10.1 Å². The number of ether oxygens (including phenoxy) is 1. The first-order chi connectivity index (χ1) is 9.11. The molecule has 1 aromatic heterocycles. The summed E-state index contributed by atoms with van der Waals surface area (Å²) in [6, 6.07) is 4.34. The van der Waals surface area contributed by atoms with E-state index in [9.17, 15) is 4.79 Å². The average molecular weight is 262 g/mol. The monoisotopic (exact) mass is 262 g/mol. The SMILES string of the molecule is CCn1ncnc1COc1ccc(C(=O)O)cc1N. The Balaban J connectivity index is 2.10. The average Bonchev–Trinajstić information content (AvgIpc) is 2.84. The molecule has 0 saturated carbocycles. The molecule has 2 aromatic rings. The summed E-state index contributed by atoms with van der Waals surface area (Å²) in [6.07, 6.45) is 1.46. The van der Waals surface area contributed by atoms with Gasteiger partial charge in [-0.1, -0.05) is 0 Å². The Bertz CT molecular complexity index is 594. The Morgan fingerprint density at radius 2 is 2.32 bits per heavy atom. The Labute approximate surface area is 109 Å².